The van der Waals surface area contributed by atoms with Crippen molar-refractivity contribution in [1.82, 2.24) is 0 Å². The second kappa shape index (κ2) is 15.6. The van der Waals surface area contributed by atoms with Crippen molar-refractivity contribution in [2.45, 2.75) is 162 Å². The summed E-state index contributed by atoms with van der Waals surface area (Å²) < 4.78 is 12.3. The lowest BCUT2D eigenvalue weighted by molar-refractivity contribution is -0.180. The van der Waals surface area contributed by atoms with Crippen LogP contribution in [0.25, 0.3) is 0 Å². The van der Waals surface area contributed by atoms with Gasteiger partial charge in [-0.25, -0.2) is 0 Å². The van der Waals surface area contributed by atoms with Gasteiger partial charge in [0.1, 0.15) is 17.3 Å². The van der Waals surface area contributed by atoms with E-state index in [0.29, 0.717) is 51.4 Å². The number of ether oxygens (including phenoxy) is 2. The highest BCUT2D eigenvalue weighted by Gasteiger charge is 2.59. The zero-order valence-electron chi connectivity index (χ0n) is 31.7. The molecule has 0 aromatic heterocycles. The molecule has 2 fully saturated rings. The van der Waals surface area contributed by atoms with Crippen molar-refractivity contribution in [3.8, 4) is 0 Å². The number of aliphatic hydroxyl groups is 2. The largest absolute Gasteiger partial charge is 0.469 e. The average molecular weight is 685 g/mol. The van der Waals surface area contributed by atoms with E-state index in [2.05, 4.69) is 13.0 Å². The maximum atomic E-state index is 14.7. The lowest BCUT2D eigenvalue weighted by atomic mass is 9.53. The number of carbonyl (C=O) groups excluding carboxylic acids is 4. The van der Waals surface area contributed by atoms with Crippen molar-refractivity contribution >= 4 is 23.3 Å². The van der Waals surface area contributed by atoms with E-state index in [1.54, 1.807) is 6.92 Å². The number of aliphatic hydroxyl groups excluding tert-OH is 1. The second-order valence-corrected chi connectivity index (χ2v) is 17.2. The molecule has 276 valence electrons. The van der Waals surface area contributed by atoms with Crippen LogP contribution >= 0.6 is 0 Å². The molecular formula is C41H64O8. The van der Waals surface area contributed by atoms with Crippen LogP contribution in [-0.4, -0.2) is 64.1 Å². The van der Waals surface area contributed by atoms with Crippen molar-refractivity contribution in [3.63, 3.8) is 0 Å². The van der Waals surface area contributed by atoms with Gasteiger partial charge >= 0.3 is 5.97 Å². The third kappa shape index (κ3) is 8.33. The van der Waals surface area contributed by atoms with Crippen LogP contribution in [0.2, 0.25) is 0 Å². The van der Waals surface area contributed by atoms with Crippen molar-refractivity contribution in [1.29, 1.82) is 0 Å². The molecule has 4 aliphatic rings. The van der Waals surface area contributed by atoms with Gasteiger partial charge in [0, 0.05) is 42.9 Å². The van der Waals surface area contributed by atoms with Crippen LogP contribution in [0.5, 0.6) is 0 Å². The number of esters is 1. The molecule has 2 heterocycles. The monoisotopic (exact) mass is 684 g/mol. The van der Waals surface area contributed by atoms with Gasteiger partial charge in [0.15, 0.2) is 0 Å². The number of hydrogen-bond donors (Lipinski definition) is 2. The van der Waals surface area contributed by atoms with Crippen LogP contribution < -0.4 is 0 Å². The molecular weight excluding hydrogens is 620 g/mol. The van der Waals surface area contributed by atoms with Gasteiger partial charge in [0.25, 0.3) is 0 Å². The zero-order valence-corrected chi connectivity index (χ0v) is 31.7. The number of allylic oxidation sites excluding steroid dienone is 4. The van der Waals surface area contributed by atoms with E-state index >= 15 is 0 Å². The smallest absolute Gasteiger partial charge is 0.313 e. The third-order valence-corrected chi connectivity index (χ3v) is 13.0. The highest BCUT2D eigenvalue weighted by molar-refractivity contribution is 5.97. The summed E-state index contributed by atoms with van der Waals surface area (Å²) >= 11 is 0. The van der Waals surface area contributed by atoms with Crippen LogP contribution in [-0.2, 0) is 28.7 Å². The maximum absolute atomic E-state index is 14.7. The second-order valence-electron chi connectivity index (χ2n) is 17.2. The number of methoxy groups -OCH3 is 1. The topological polar surface area (TPSA) is 127 Å². The van der Waals surface area contributed by atoms with E-state index in [4.69, 9.17) is 9.47 Å². The van der Waals surface area contributed by atoms with Gasteiger partial charge in [-0.1, -0.05) is 63.3 Å². The summed E-state index contributed by atoms with van der Waals surface area (Å²) in [4.78, 5) is 57.3. The van der Waals surface area contributed by atoms with Crippen LogP contribution in [0, 0.1) is 40.9 Å². The molecule has 0 aromatic carbocycles. The number of fused-ring (bicyclic) bond motifs is 5. The quantitative estimate of drug-likeness (QED) is 0.230. The predicted octanol–water partition coefficient (Wildman–Crippen LogP) is 7.27. The summed E-state index contributed by atoms with van der Waals surface area (Å²) in [6.07, 6.45) is 6.56. The maximum Gasteiger partial charge on any atom is 0.313 e. The number of carbonyl (C=O) groups is 4. The minimum Gasteiger partial charge on any atom is -0.469 e. The minimum atomic E-state index is -1.49. The summed E-state index contributed by atoms with van der Waals surface area (Å²) in [6.45, 7) is 15.6. The Hall–Kier alpha value is -2.16. The molecule has 0 aromatic rings. The van der Waals surface area contributed by atoms with Gasteiger partial charge in [-0.2, -0.15) is 0 Å². The molecule has 1 saturated heterocycles. The zero-order chi connectivity index (χ0) is 36.5. The molecule has 1 saturated carbocycles. The summed E-state index contributed by atoms with van der Waals surface area (Å²) in [6, 6.07) is 0. The van der Waals surface area contributed by atoms with Gasteiger partial charge in [-0.15, -0.1) is 0 Å². The Kier molecular flexibility index (Phi) is 12.6. The molecule has 4 rings (SSSR count). The highest BCUT2D eigenvalue weighted by atomic mass is 16.5. The van der Waals surface area contributed by atoms with Crippen molar-refractivity contribution in [2.75, 3.05) is 7.11 Å². The van der Waals surface area contributed by atoms with Crippen molar-refractivity contribution < 1.29 is 38.9 Å². The van der Waals surface area contributed by atoms with Crippen LogP contribution in [0.15, 0.2) is 22.8 Å². The van der Waals surface area contributed by atoms with E-state index in [0.717, 1.165) is 36.0 Å². The van der Waals surface area contributed by atoms with E-state index in [1.807, 2.05) is 41.5 Å². The fourth-order valence-corrected chi connectivity index (χ4v) is 9.41. The van der Waals surface area contributed by atoms with Crippen molar-refractivity contribution in [3.05, 3.63) is 22.8 Å². The molecule has 0 amide bonds. The predicted molar refractivity (Wildman–Crippen MR) is 189 cm³/mol. The Morgan fingerprint density at radius 3 is 2.29 bits per heavy atom. The average Bonchev–Trinajstić information content (AvgIpc) is 3.12. The summed E-state index contributed by atoms with van der Waals surface area (Å²) in [5.41, 5.74) is -0.574. The minimum absolute atomic E-state index is 0.0131. The van der Waals surface area contributed by atoms with E-state index in [1.165, 1.54) is 7.11 Å². The molecule has 0 spiro atoms. The Balaban J connectivity index is 1.94. The number of ketones is 3. The van der Waals surface area contributed by atoms with Crippen molar-refractivity contribution in [2.24, 2.45) is 40.9 Å². The molecule has 2 aliphatic heterocycles. The van der Waals surface area contributed by atoms with E-state index in [-0.39, 0.29) is 47.9 Å². The highest BCUT2D eigenvalue weighted by Crippen LogP contribution is 2.56. The number of Topliss-reactive ketones (excluding diaryl/α,β-unsaturated/α-hetero) is 3. The molecule has 2 N–H and O–H groups in total. The first-order chi connectivity index (χ1) is 22.9. The first kappa shape index (κ1) is 39.6. The van der Waals surface area contributed by atoms with Gasteiger partial charge in [0.2, 0.25) is 0 Å². The van der Waals surface area contributed by atoms with Crippen LogP contribution in [0.4, 0.5) is 0 Å². The molecule has 2 aliphatic carbocycles. The van der Waals surface area contributed by atoms with Crippen LogP contribution in [0.1, 0.15) is 139 Å². The number of hydrogen-bond acceptors (Lipinski definition) is 8. The normalized spacial score (nSPS) is 40.7. The third-order valence-electron chi connectivity index (χ3n) is 13.0. The van der Waals surface area contributed by atoms with E-state index < -0.39 is 52.5 Å². The first-order valence-corrected chi connectivity index (χ1v) is 19.0. The van der Waals surface area contributed by atoms with Gasteiger partial charge in [-0.05, 0) is 90.9 Å². The lowest BCUT2D eigenvalue weighted by Crippen LogP contribution is -2.53. The van der Waals surface area contributed by atoms with Crippen LogP contribution in [0.3, 0.4) is 0 Å². The molecule has 8 heteroatoms. The lowest BCUT2D eigenvalue weighted by Gasteiger charge is -2.48. The summed E-state index contributed by atoms with van der Waals surface area (Å²) in [5, 5.41) is 22.8. The molecule has 49 heavy (non-hydrogen) atoms. The first-order valence-electron chi connectivity index (χ1n) is 19.0. The van der Waals surface area contributed by atoms with Gasteiger partial charge < -0.3 is 19.7 Å². The Morgan fingerprint density at radius 1 is 0.939 bits per heavy atom. The SMILES string of the molecule is COC(=O)C12CC(=O)C(C(C)C)CC(=O)C(C)CCCC(C)CC(=O)C1CC(C)=C1CCC3(C)OC(CCC(C)=CC12)C(C)(O)CCC3O. The Bertz CT molecular complexity index is 1320. The Labute approximate surface area is 294 Å². The van der Waals surface area contributed by atoms with Gasteiger partial charge in [-0.3, -0.25) is 19.2 Å². The molecule has 10 atom stereocenters. The molecule has 8 nitrogen and oxygen atoms in total. The molecule has 10 unspecified atom stereocenters. The summed E-state index contributed by atoms with van der Waals surface area (Å²) in [7, 11) is 1.34. The molecule has 2 bridgehead atoms. The van der Waals surface area contributed by atoms with Gasteiger partial charge in [0.05, 0.1) is 35.9 Å². The Morgan fingerprint density at radius 2 is 1.63 bits per heavy atom. The van der Waals surface area contributed by atoms with E-state index in [9.17, 15) is 29.4 Å². The summed E-state index contributed by atoms with van der Waals surface area (Å²) in [5.74, 6) is -2.84. The number of rotatable bonds is 2. The standard InChI is InChI=1S/C41H64O8/c1-24(2)30-22-33(42)27(5)12-10-11-25(3)20-34(43)32-21-28(6)29-15-18-40(8)36(45)16-17-39(7,47)37(49-40)14-13-26(4)19-31(29)41(32,23-35(30)44)38(46)48-9/h19,24-25,27,30-32,36-37,45,47H,10-18,20-23H2,1-9H3. The fraction of sp³-hybridized carbons (Fsp3) is 0.805. The fourth-order valence-electron chi connectivity index (χ4n) is 9.41. The molecule has 0 radical (unpaired) electrons.